The summed E-state index contributed by atoms with van der Waals surface area (Å²) < 4.78 is 7.54. The minimum Gasteiger partial charge on any atom is -0.496 e. The predicted octanol–water partition coefficient (Wildman–Crippen LogP) is 2.12. The van der Waals surface area contributed by atoms with E-state index in [2.05, 4.69) is 20.9 Å². The summed E-state index contributed by atoms with van der Waals surface area (Å²) in [4.78, 5) is 4.60. The van der Waals surface area contributed by atoms with E-state index in [-0.39, 0.29) is 0 Å². The van der Waals surface area contributed by atoms with Crippen LogP contribution in [0.25, 0.3) is 11.3 Å². The molecule has 4 nitrogen and oxygen atoms in total. The summed E-state index contributed by atoms with van der Waals surface area (Å²) in [5, 5.41) is 3.16. The van der Waals surface area contributed by atoms with Gasteiger partial charge in [-0.15, -0.1) is 0 Å². The van der Waals surface area contributed by atoms with Crippen molar-refractivity contribution in [3.05, 3.63) is 35.8 Å². The van der Waals surface area contributed by atoms with Gasteiger partial charge in [0.2, 0.25) is 0 Å². The van der Waals surface area contributed by atoms with Crippen LogP contribution in [0.1, 0.15) is 11.5 Å². The number of ether oxygens (including phenoxy) is 1. The molecule has 96 valence electrons. The van der Waals surface area contributed by atoms with Crippen LogP contribution in [-0.4, -0.2) is 23.7 Å². The van der Waals surface area contributed by atoms with Crippen LogP contribution in [0.5, 0.6) is 5.75 Å². The Balaban J connectivity index is 2.62. The lowest BCUT2D eigenvalue weighted by molar-refractivity contribution is 0.416. The van der Waals surface area contributed by atoms with Crippen molar-refractivity contribution in [2.75, 3.05) is 14.2 Å². The number of nitrogens with zero attached hydrogens (tertiary/aromatic N) is 2. The van der Waals surface area contributed by atoms with Gasteiger partial charge < -0.3 is 14.6 Å². The van der Waals surface area contributed by atoms with E-state index in [1.54, 1.807) is 7.11 Å². The highest BCUT2D eigenvalue weighted by Crippen LogP contribution is 2.32. The van der Waals surface area contributed by atoms with E-state index in [9.17, 15) is 0 Å². The first-order valence-corrected chi connectivity index (χ1v) is 5.99. The fraction of sp³-hybridized carbons (Fsp3) is 0.357. The van der Waals surface area contributed by atoms with E-state index in [1.807, 2.05) is 39.2 Å². The van der Waals surface area contributed by atoms with Crippen LogP contribution in [0, 0.1) is 6.92 Å². The van der Waals surface area contributed by atoms with Gasteiger partial charge in [-0.25, -0.2) is 4.98 Å². The van der Waals surface area contributed by atoms with Gasteiger partial charge in [0.05, 0.1) is 18.5 Å². The molecule has 2 rings (SSSR count). The molecule has 1 N–H and O–H groups in total. The molecule has 0 saturated carbocycles. The normalized spacial score (nSPS) is 10.7. The van der Waals surface area contributed by atoms with Crippen molar-refractivity contribution in [3.8, 4) is 17.0 Å². The third-order valence-corrected chi connectivity index (χ3v) is 3.10. The molecule has 18 heavy (non-hydrogen) atoms. The lowest BCUT2D eigenvalue weighted by Crippen LogP contribution is -2.07. The van der Waals surface area contributed by atoms with E-state index < -0.39 is 0 Å². The van der Waals surface area contributed by atoms with Gasteiger partial charge in [-0.1, -0.05) is 12.1 Å². The SMILES string of the molecule is CNCc1nc(C)n(C)c1-c1ccccc1OC. The van der Waals surface area contributed by atoms with Crippen molar-refractivity contribution in [2.45, 2.75) is 13.5 Å². The summed E-state index contributed by atoms with van der Waals surface area (Å²) >= 11 is 0. The van der Waals surface area contributed by atoms with Crippen LogP contribution >= 0.6 is 0 Å². The highest BCUT2D eigenvalue weighted by Gasteiger charge is 2.16. The van der Waals surface area contributed by atoms with Crippen molar-refractivity contribution in [3.63, 3.8) is 0 Å². The fourth-order valence-corrected chi connectivity index (χ4v) is 2.15. The zero-order chi connectivity index (χ0) is 13.1. The maximum atomic E-state index is 5.44. The van der Waals surface area contributed by atoms with E-state index in [4.69, 9.17) is 4.74 Å². The highest BCUT2D eigenvalue weighted by atomic mass is 16.5. The second-order valence-electron chi connectivity index (χ2n) is 4.24. The fourth-order valence-electron chi connectivity index (χ4n) is 2.15. The summed E-state index contributed by atoms with van der Waals surface area (Å²) in [6.07, 6.45) is 0. The Morgan fingerprint density at radius 2 is 2.06 bits per heavy atom. The van der Waals surface area contributed by atoms with Crippen LogP contribution in [-0.2, 0) is 13.6 Å². The zero-order valence-corrected chi connectivity index (χ0v) is 11.3. The van der Waals surface area contributed by atoms with Crippen LogP contribution < -0.4 is 10.1 Å². The molecule has 0 bridgehead atoms. The van der Waals surface area contributed by atoms with Gasteiger partial charge >= 0.3 is 0 Å². The Bertz CT molecular complexity index is 546. The number of imidazole rings is 1. The van der Waals surface area contributed by atoms with E-state index in [0.29, 0.717) is 0 Å². The molecule has 0 fully saturated rings. The first kappa shape index (κ1) is 12.6. The zero-order valence-electron chi connectivity index (χ0n) is 11.3. The number of benzene rings is 1. The van der Waals surface area contributed by atoms with Crippen molar-refractivity contribution in [1.82, 2.24) is 14.9 Å². The van der Waals surface area contributed by atoms with Crippen LogP contribution in [0.2, 0.25) is 0 Å². The van der Waals surface area contributed by atoms with Crippen molar-refractivity contribution >= 4 is 0 Å². The summed E-state index contributed by atoms with van der Waals surface area (Å²) in [6.45, 7) is 2.76. The third kappa shape index (κ3) is 2.11. The third-order valence-electron chi connectivity index (χ3n) is 3.10. The molecule has 0 unspecified atom stereocenters. The Kier molecular flexibility index (Phi) is 3.67. The van der Waals surface area contributed by atoms with E-state index in [0.717, 1.165) is 35.1 Å². The molecule has 1 heterocycles. The first-order chi connectivity index (χ1) is 8.69. The molecule has 0 spiro atoms. The van der Waals surface area contributed by atoms with Gasteiger partial charge in [-0.05, 0) is 26.1 Å². The Morgan fingerprint density at radius 1 is 1.33 bits per heavy atom. The Morgan fingerprint density at radius 3 is 2.72 bits per heavy atom. The number of nitrogens with one attached hydrogen (secondary N) is 1. The minimum absolute atomic E-state index is 0.745. The van der Waals surface area contributed by atoms with Gasteiger partial charge in [-0.2, -0.15) is 0 Å². The summed E-state index contributed by atoms with van der Waals surface area (Å²) in [5.74, 6) is 1.87. The molecule has 0 aliphatic heterocycles. The van der Waals surface area contributed by atoms with Crippen LogP contribution in [0.4, 0.5) is 0 Å². The maximum Gasteiger partial charge on any atom is 0.128 e. The molecular weight excluding hydrogens is 226 g/mol. The quantitative estimate of drug-likeness (QED) is 0.896. The molecule has 0 amide bonds. The van der Waals surface area contributed by atoms with Crippen molar-refractivity contribution < 1.29 is 4.74 Å². The number of aromatic nitrogens is 2. The molecule has 0 aliphatic rings. The predicted molar refractivity (Wildman–Crippen MR) is 72.7 cm³/mol. The highest BCUT2D eigenvalue weighted by molar-refractivity contribution is 5.70. The molecule has 2 aromatic rings. The van der Waals surface area contributed by atoms with Crippen molar-refractivity contribution in [2.24, 2.45) is 7.05 Å². The molecule has 0 aliphatic carbocycles. The number of methoxy groups -OCH3 is 1. The lowest BCUT2D eigenvalue weighted by Gasteiger charge is -2.11. The lowest BCUT2D eigenvalue weighted by atomic mass is 10.1. The van der Waals surface area contributed by atoms with Gasteiger partial charge in [0.15, 0.2) is 0 Å². The molecule has 0 atom stereocenters. The van der Waals surface area contributed by atoms with Crippen LogP contribution in [0.3, 0.4) is 0 Å². The second-order valence-corrected chi connectivity index (χ2v) is 4.24. The van der Waals surface area contributed by atoms with E-state index >= 15 is 0 Å². The topological polar surface area (TPSA) is 39.1 Å². The van der Waals surface area contributed by atoms with Gasteiger partial charge in [0.1, 0.15) is 11.6 Å². The Hall–Kier alpha value is -1.81. The summed E-state index contributed by atoms with van der Waals surface area (Å²) in [5.41, 5.74) is 3.23. The van der Waals surface area contributed by atoms with Gasteiger partial charge in [-0.3, -0.25) is 0 Å². The van der Waals surface area contributed by atoms with Gasteiger partial charge in [0, 0.05) is 19.2 Å². The average molecular weight is 245 g/mol. The second kappa shape index (κ2) is 5.23. The maximum absolute atomic E-state index is 5.44. The molecule has 1 aromatic heterocycles. The molecule has 0 saturated heterocycles. The number of rotatable bonds is 4. The molecule has 4 heteroatoms. The number of para-hydroxylation sites is 1. The standard InChI is InChI=1S/C14H19N3O/c1-10-16-12(9-15-2)14(17(10)3)11-7-5-6-8-13(11)18-4/h5-8,15H,9H2,1-4H3. The van der Waals surface area contributed by atoms with Crippen molar-refractivity contribution in [1.29, 1.82) is 0 Å². The average Bonchev–Trinajstić information content (AvgIpc) is 2.65. The summed E-state index contributed by atoms with van der Waals surface area (Å²) in [6, 6.07) is 8.03. The smallest absolute Gasteiger partial charge is 0.128 e. The molecule has 0 radical (unpaired) electrons. The number of hydrogen-bond donors (Lipinski definition) is 1. The monoisotopic (exact) mass is 245 g/mol. The van der Waals surface area contributed by atoms with Gasteiger partial charge in [0.25, 0.3) is 0 Å². The molecular formula is C14H19N3O. The Labute approximate surface area is 108 Å². The number of hydrogen-bond acceptors (Lipinski definition) is 3. The number of aryl methyl sites for hydroxylation is 1. The molecule has 1 aromatic carbocycles. The minimum atomic E-state index is 0.745. The first-order valence-electron chi connectivity index (χ1n) is 5.99. The largest absolute Gasteiger partial charge is 0.496 e. The van der Waals surface area contributed by atoms with Crippen LogP contribution in [0.15, 0.2) is 24.3 Å². The summed E-state index contributed by atoms with van der Waals surface area (Å²) in [7, 11) is 5.65. The van der Waals surface area contributed by atoms with E-state index in [1.165, 1.54) is 0 Å².